The number of benzene rings is 3. The number of H-pyrrole nitrogens is 1. The molecule has 1 amide bonds. The molecule has 0 saturated carbocycles. The first kappa shape index (κ1) is 23.6. The Kier molecular flexibility index (Phi) is 6.45. The van der Waals surface area contributed by atoms with Crippen LogP contribution in [0.4, 0.5) is 5.82 Å². The minimum atomic E-state index is -0.528. The van der Waals surface area contributed by atoms with Gasteiger partial charge in [-0.15, -0.1) is 0 Å². The van der Waals surface area contributed by atoms with Crippen molar-refractivity contribution in [1.82, 2.24) is 15.0 Å². The van der Waals surface area contributed by atoms with Crippen molar-refractivity contribution < 1.29 is 19.1 Å². The number of para-hydroxylation sites is 1. The third kappa shape index (κ3) is 4.82. The van der Waals surface area contributed by atoms with Gasteiger partial charge in [0.1, 0.15) is 17.4 Å². The first-order valence-corrected chi connectivity index (χ1v) is 11.5. The number of esters is 1. The molecular weight excluding hydrogens is 503 g/mol. The molecule has 0 aliphatic rings. The van der Waals surface area contributed by atoms with Crippen LogP contribution in [-0.4, -0.2) is 40.5 Å². The van der Waals surface area contributed by atoms with Gasteiger partial charge in [-0.25, -0.2) is 14.8 Å². The summed E-state index contributed by atoms with van der Waals surface area (Å²) in [5.41, 5.74) is 2.94. The molecule has 0 bridgehead atoms. The number of nitrogens with zero attached hydrogens (tertiary/aromatic N) is 2. The van der Waals surface area contributed by atoms with Crippen LogP contribution in [-0.2, 0) is 9.53 Å². The molecule has 10 heteroatoms. The smallest absolute Gasteiger partial charge is 0.343 e. The first-order chi connectivity index (χ1) is 17.4. The average Bonchev–Trinajstić information content (AvgIpc) is 3.29. The van der Waals surface area contributed by atoms with E-state index in [1.807, 2.05) is 30.3 Å². The molecule has 2 heterocycles. The van der Waals surface area contributed by atoms with Crippen LogP contribution in [0.5, 0.6) is 5.75 Å². The molecule has 0 spiro atoms. The van der Waals surface area contributed by atoms with E-state index in [0.717, 1.165) is 10.9 Å². The van der Waals surface area contributed by atoms with Gasteiger partial charge in [0.15, 0.2) is 6.61 Å². The standard InChI is InChI=1S/C26H18Cl2N4O4/c1-35-23(33)13-36-16-11-17(27)24(18(28)12-16)25-30-20-8-6-15(10-21(20)31-25)26(34)32-22-9-7-14-4-2-3-5-19(14)29-22/h2-12H,13H2,1H3,(H,30,31)(H,29,32,34). The second kappa shape index (κ2) is 9.85. The third-order valence-electron chi connectivity index (χ3n) is 5.42. The lowest BCUT2D eigenvalue weighted by Crippen LogP contribution is -2.12. The molecular formula is C26H18Cl2N4O4. The number of ether oxygens (including phenoxy) is 2. The fourth-order valence-electron chi connectivity index (χ4n) is 3.65. The molecule has 36 heavy (non-hydrogen) atoms. The Morgan fingerprint density at radius 1 is 0.944 bits per heavy atom. The zero-order valence-corrected chi connectivity index (χ0v) is 20.4. The van der Waals surface area contributed by atoms with Gasteiger partial charge in [-0.2, -0.15) is 0 Å². The highest BCUT2D eigenvalue weighted by molar-refractivity contribution is 6.39. The number of imidazole rings is 1. The summed E-state index contributed by atoms with van der Waals surface area (Å²) in [6.45, 7) is -0.271. The number of fused-ring (bicyclic) bond motifs is 2. The minimum Gasteiger partial charge on any atom is -0.482 e. The van der Waals surface area contributed by atoms with Crippen molar-refractivity contribution >= 4 is 62.8 Å². The molecule has 0 fully saturated rings. The molecule has 2 N–H and O–H groups in total. The molecule has 0 aliphatic carbocycles. The molecule has 8 nitrogen and oxygen atoms in total. The summed E-state index contributed by atoms with van der Waals surface area (Å²) >= 11 is 12.9. The van der Waals surface area contributed by atoms with Crippen LogP contribution >= 0.6 is 23.2 Å². The van der Waals surface area contributed by atoms with Gasteiger partial charge in [-0.05, 0) is 48.5 Å². The number of rotatable bonds is 6. The number of amides is 1. The number of carbonyl (C=O) groups is 2. The first-order valence-electron chi connectivity index (χ1n) is 10.8. The van der Waals surface area contributed by atoms with Crippen LogP contribution < -0.4 is 10.1 Å². The Bertz CT molecular complexity index is 1610. The molecule has 0 atom stereocenters. The summed E-state index contributed by atoms with van der Waals surface area (Å²) in [5.74, 6) is 0.362. The van der Waals surface area contributed by atoms with Gasteiger partial charge in [-0.1, -0.05) is 41.4 Å². The molecule has 0 unspecified atom stereocenters. The van der Waals surface area contributed by atoms with Crippen molar-refractivity contribution in [2.45, 2.75) is 0 Å². The molecule has 0 aliphatic heterocycles. The van der Waals surface area contributed by atoms with E-state index in [1.165, 1.54) is 19.2 Å². The van der Waals surface area contributed by atoms with Gasteiger partial charge >= 0.3 is 5.97 Å². The van der Waals surface area contributed by atoms with Crippen molar-refractivity contribution in [2.24, 2.45) is 0 Å². The van der Waals surface area contributed by atoms with Gasteiger partial charge in [0.05, 0.1) is 39.3 Å². The zero-order chi connectivity index (χ0) is 25.2. The number of hydrogen-bond acceptors (Lipinski definition) is 6. The van der Waals surface area contributed by atoms with Crippen LogP contribution in [0.1, 0.15) is 10.4 Å². The Balaban J connectivity index is 1.39. The van der Waals surface area contributed by atoms with Crippen molar-refractivity contribution in [3.63, 3.8) is 0 Å². The maximum Gasteiger partial charge on any atom is 0.343 e. The predicted octanol–water partition coefficient (Wildman–Crippen LogP) is 5.89. The quantitative estimate of drug-likeness (QED) is 0.270. The van der Waals surface area contributed by atoms with Crippen molar-refractivity contribution in [3.05, 3.63) is 82.3 Å². The number of hydrogen-bond donors (Lipinski definition) is 2. The Morgan fingerprint density at radius 3 is 2.50 bits per heavy atom. The molecule has 3 aromatic carbocycles. The van der Waals surface area contributed by atoms with Gasteiger partial charge in [0, 0.05) is 10.9 Å². The number of aromatic nitrogens is 3. The summed E-state index contributed by atoms with van der Waals surface area (Å²) in [6, 6.07) is 19.5. The van der Waals surface area contributed by atoms with E-state index in [-0.39, 0.29) is 22.6 Å². The Morgan fingerprint density at radius 2 is 1.72 bits per heavy atom. The third-order valence-corrected chi connectivity index (χ3v) is 6.02. The van der Waals surface area contributed by atoms with E-state index in [4.69, 9.17) is 27.9 Å². The number of nitrogens with one attached hydrogen (secondary N) is 2. The molecule has 5 rings (SSSR count). The number of anilines is 1. The van der Waals surface area contributed by atoms with E-state index in [9.17, 15) is 9.59 Å². The lowest BCUT2D eigenvalue weighted by atomic mass is 10.2. The lowest BCUT2D eigenvalue weighted by Gasteiger charge is -2.09. The molecule has 0 radical (unpaired) electrons. The van der Waals surface area contributed by atoms with E-state index in [2.05, 4.69) is 25.0 Å². The summed E-state index contributed by atoms with van der Waals surface area (Å²) in [4.78, 5) is 36.4. The van der Waals surface area contributed by atoms with E-state index < -0.39 is 5.97 Å². The van der Waals surface area contributed by atoms with E-state index >= 15 is 0 Å². The van der Waals surface area contributed by atoms with Gasteiger partial charge < -0.3 is 19.8 Å². The summed E-state index contributed by atoms with van der Waals surface area (Å²) < 4.78 is 9.92. The minimum absolute atomic E-state index is 0.271. The Labute approximate surface area is 215 Å². The SMILES string of the molecule is COC(=O)COc1cc(Cl)c(-c2nc3ccc(C(=O)Nc4ccc5ccccc5n4)cc3[nH]2)c(Cl)c1. The highest BCUT2D eigenvalue weighted by atomic mass is 35.5. The maximum atomic E-state index is 12.9. The highest BCUT2D eigenvalue weighted by Gasteiger charge is 2.17. The molecule has 5 aromatic rings. The molecule has 2 aromatic heterocycles. The van der Waals surface area contributed by atoms with E-state index in [0.29, 0.717) is 39.6 Å². The second-order valence-electron chi connectivity index (χ2n) is 7.79. The van der Waals surface area contributed by atoms with Crippen LogP contribution in [0.3, 0.4) is 0 Å². The highest BCUT2D eigenvalue weighted by Crippen LogP contribution is 2.37. The lowest BCUT2D eigenvalue weighted by molar-refractivity contribution is -0.142. The fourth-order valence-corrected chi connectivity index (χ4v) is 4.30. The van der Waals surface area contributed by atoms with Gasteiger partial charge in [0.25, 0.3) is 5.91 Å². The van der Waals surface area contributed by atoms with Crippen molar-refractivity contribution in [1.29, 1.82) is 0 Å². The molecule has 180 valence electrons. The van der Waals surface area contributed by atoms with Crippen LogP contribution in [0, 0.1) is 0 Å². The van der Waals surface area contributed by atoms with Crippen LogP contribution in [0.15, 0.2) is 66.7 Å². The zero-order valence-electron chi connectivity index (χ0n) is 18.8. The van der Waals surface area contributed by atoms with Crippen LogP contribution in [0.25, 0.3) is 33.3 Å². The normalized spacial score (nSPS) is 11.0. The number of carbonyl (C=O) groups excluding carboxylic acids is 2. The topological polar surface area (TPSA) is 106 Å². The summed E-state index contributed by atoms with van der Waals surface area (Å²) in [6.07, 6.45) is 0. The van der Waals surface area contributed by atoms with Crippen LogP contribution in [0.2, 0.25) is 10.0 Å². The largest absolute Gasteiger partial charge is 0.482 e. The van der Waals surface area contributed by atoms with Crippen molar-refractivity contribution in [3.8, 4) is 17.1 Å². The van der Waals surface area contributed by atoms with E-state index in [1.54, 1.807) is 24.3 Å². The second-order valence-corrected chi connectivity index (χ2v) is 8.60. The van der Waals surface area contributed by atoms with Crippen molar-refractivity contribution in [2.75, 3.05) is 19.0 Å². The number of pyridine rings is 1. The number of methoxy groups -OCH3 is 1. The maximum absolute atomic E-state index is 12.9. The average molecular weight is 521 g/mol. The fraction of sp³-hybridized carbons (Fsp3) is 0.0769. The van der Waals surface area contributed by atoms with Gasteiger partial charge in [-0.3, -0.25) is 4.79 Å². The summed E-state index contributed by atoms with van der Waals surface area (Å²) in [7, 11) is 1.27. The van der Waals surface area contributed by atoms with Gasteiger partial charge in [0.2, 0.25) is 0 Å². The Hall–Kier alpha value is -4.14. The number of aromatic amines is 1. The monoisotopic (exact) mass is 520 g/mol. The molecule has 0 saturated heterocycles. The predicted molar refractivity (Wildman–Crippen MR) is 139 cm³/mol. The summed E-state index contributed by atoms with van der Waals surface area (Å²) in [5, 5.41) is 4.38. The number of halogens is 2.